The van der Waals surface area contributed by atoms with Gasteiger partial charge in [-0.2, -0.15) is 52.7 Å². The molecule has 4 rings (SSSR count). The van der Waals surface area contributed by atoms with Crippen LogP contribution in [0, 0.1) is 23.7 Å². The van der Waals surface area contributed by atoms with Gasteiger partial charge in [0.25, 0.3) is 0 Å². The maximum atomic E-state index is 13.3. The first-order valence-corrected chi connectivity index (χ1v) is 39.0. The van der Waals surface area contributed by atoms with E-state index in [1.165, 1.54) is 0 Å². The average Bonchev–Trinajstić information content (AvgIpc) is 1.71. The van der Waals surface area contributed by atoms with Crippen molar-refractivity contribution >= 4 is 93.4 Å². The number of Topliss-reactive ketones (excluding diaryl/α,β-unsaturated/α-hetero) is 4. The van der Waals surface area contributed by atoms with Crippen LogP contribution in [-0.2, 0) is 57.3 Å². The molecule has 4 aliphatic carbocycles. The first-order valence-electron chi connectivity index (χ1n) is 37.5. The number of esters is 4. The number of rotatable bonds is 50. The molecule has 0 heterocycles. The zero-order valence-electron chi connectivity index (χ0n) is 61.6. The zero-order valence-corrected chi connectivity index (χ0v) is 64.6. The maximum absolute atomic E-state index is 13.3. The van der Waals surface area contributed by atoms with Crippen LogP contribution in [0.3, 0.4) is 0 Å². The van der Waals surface area contributed by atoms with E-state index in [4.69, 9.17) is 65.4 Å². The summed E-state index contributed by atoms with van der Waals surface area (Å²) in [5.74, 6) is -5.81. The van der Waals surface area contributed by atoms with Gasteiger partial charge in [0.15, 0.2) is 23.1 Å². The van der Waals surface area contributed by atoms with E-state index in [0.29, 0.717) is 74.5 Å². The molecule has 0 spiro atoms. The van der Waals surface area contributed by atoms with Crippen molar-refractivity contribution in [1.29, 1.82) is 0 Å². The van der Waals surface area contributed by atoms with Crippen molar-refractivity contribution in [2.75, 3.05) is 0 Å². The second-order valence-electron chi connectivity index (χ2n) is 27.7. The van der Waals surface area contributed by atoms with Crippen molar-refractivity contribution in [3.05, 3.63) is 140 Å². The van der Waals surface area contributed by atoms with Crippen molar-refractivity contribution in [3.8, 4) is 0 Å². The van der Waals surface area contributed by atoms with Gasteiger partial charge in [0.2, 0.25) is 0 Å². The molecule has 0 aromatic rings. The number of halogens is 16. The van der Waals surface area contributed by atoms with Crippen molar-refractivity contribution in [2.45, 2.75) is 288 Å². The lowest BCUT2D eigenvalue weighted by atomic mass is 9.95. The summed E-state index contributed by atoms with van der Waals surface area (Å²) >= 11 is 24.9. The van der Waals surface area contributed by atoms with Gasteiger partial charge in [0.05, 0.1) is 20.1 Å². The van der Waals surface area contributed by atoms with Gasteiger partial charge < -0.3 is 18.9 Å². The summed E-state index contributed by atoms with van der Waals surface area (Å²) in [6, 6.07) is 0. The van der Waals surface area contributed by atoms with E-state index in [2.05, 4.69) is 0 Å². The molecule has 0 bridgehead atoms. The van der Waals surface area contributed by atoms with E-state index < -0.39 is 134 Å². The number of allylic oxidation sites excluding steroid dienone is 20. The Hall–Kier alpha value is -6.24. The Morgan fingerprint density at radius 2 is 0.596 bits per heavy atom. The fourth-order valence-electron chi connectivity index (χ4n) is 12.7. The Bertz CT molecular complexity index is 3400. The van der Waals surface area contributed by atoms with Crippen LogP contribution in [0.25, 0.3) is 0 Å². The van der Waals surface area contributed by atoms with Crippen LogP contribution in [0.4, 0.5) is 52.7 Å². The first kappa shape index (κ1) is 95.1. The van der Waals surface area contributed by atoms with Crippen LogP contribution in [0.5, 0.6) is 0 Å². The summed E-state index contributed by atoms with van der Waals surface area (Å²) in [5.41, 5.74) is 1.35. The standard InChI is InChI=1S/C81H100Cl4F12O12/c1-3-4-5-15-34-70(98)107-59(31-20-24-47-79(89,90)91)39-43-63-55(51-67(83)75(63)103)28-13-7-10-17-36-72(100)109-61(33-22-26-49-81(95,96)97)41-45-65-57(53-69(85)77(65)105)29-14-8-11-18-37-73(101)108-60(32-21-25-48-80(92,93)94)40-44-64-56(52-68(84)76(64)104)27-12-6-9-16-35-71(99)106-58(30-19-23-46-78(86,87)88)38-42-62-54(2)50-66(82)74(62)102/h3-4,6-8,12-14,42-45,50-61H,5,9-11,15-41,46-49H2,1-2H3/b4-3-,12-6-,13-7-,14-8-,62-42+,63-43+,64-44+,65-45+/t54-,55-,56-,57-,58-,59-,60-,61-/m0/s1. The third-order valence-corrected chi connectivity index (χ3v) is 19.7. The normalized spacial score (nSPS) is 20.8. The monoisotopic (exact) mass is 1630 g/mol. The number of hydrogen-bond acceptors (Lipinski definition) is 12. The number of carbonyl (C=O) groups is 8. The highest BCUT2D eigenvalue weighted by molar-refractivity contribution is 6.47. The number of hydrogen-bond donors (Lipinski definition) is 0. The Morgan fingerprint density at radius 1 is 0.358 bits per heavy atom. The van der Waals surface area contributed by atoms with E-state index in [9.17, 15) is 91.0 Å². The first-order chi connectivity index (χ1) is 51.4. The minimum Gasteiger partial charge on any atom is -0.462 e. The largest absolute Gasteiger partial charge is 0.462 e. The van der Waals surface area contributed by atoms with Gasteiger partial charge in [-0.3, -0.25) is 38.4 Å². The highest BCUT2D eigenvalue weighted by Crippen LogP contribution is 2.38. The summed E-state index contributed by atoms with van der Waals surface area (Å²) in [6.45, 7) is 3.61. The SMILES string of the molecule is C/C=C\CCCC(=O)O[C@H](C/C=C1/C(=O)C(Cl)=C[C@@H]1C/C=C\CCCC(=O)O[C@H](C/C=C1/C(=O)C(Cl)=C[C@@H]1C/C=C\CCCC(=O)O[C@H](C/C=C1/C(=O)C(Cl)=C[C@@H]1C/C=C\CCCC(=O)O[C@H](C/C=C1/C(=O)C(Cl)=C[C@@H]1C)CCCCC(F)(F)F)CCCCC(F)(F)F)CCCCC(F)(F)F)CCCCC(F)(F)F. The molecule has 28 heteroatoms. The van der Waals surface area contributed by atoms with Crippen molar-refractivity contribution < 1.29 is 110 Å². The van der Waals surface area contributed by atoms with Crippen LogP contribution < -0.4 is 0 Å². The second kappa shape index (κ2) is 49.3. The molecule has 4 aliphatic rings. The van der Waals surface area contributed by atoms with Crippen LogP contribution in [0.2, 0.25) is 0 Å². The molecule has 0 aromatic carbocycles. The Kier molecular flexibility index (Phi) is 43.0. The predicted octanol–water partition coefficient (Wildman–Crippen LogP) is 23.8. The van der Waals surface area contributed by atoms with E-state index in [0.717, 1.165) is 0 Å². The number of ketones is 4. The predicted molar refractivity (Wildman–Crippen MR) is 395 cm³/mol. The molecule has 0 aromatic heterocycles. The molecule has 109 heavy (non-hydrogen) atoms. The number of alkyl halides is 12. The highest BCUT2D eigenvalue weighted by Gasteiger charge is 2.35. The lowest BCUT2D eigenvalue weighted by Crippen LogP contribution is -2.19. The van der Waals surface area contributed by atoms with Crippen molar-refractivity contribution in [1.82, 2.24) is 0 Å². The topological polar surface area (TPSA) is 173 Å². The molecule has 0 amide bonds. The molecular formula is C81H100Cl4F12O12. The molecule has 608 valence electrons. The van der Waals surface area contributed by atoms with Gasteiger partial charge in [-0.25, -0.2) is 0 Å². The van der Waals surface area contributed by atoms with E-state index in [1.807, 2.05) is 19.1 Å². The number of unbranched alkanes of at least 4 members (excludes halogenated alkanes) is 8. The van der Waals surface area contributed by atoms with E-state index >= 15 is 0 Å². The van der Waals surface area contributed by atoms with Gasteiger partial charge in [0.1, 0.15) is 24.4 Å². The fourth-order valence-corrected chi connectivity index (χ4v) is 13.8. The van der Waals surface area contributed by atoms with Crippen molar-refractivity contribution in [2.24, 2.45) is 23.7 Å². The Balaban J connectivity index is 1.29. The molecule has 12 nitrogen and oxygen atoms in total. The van der Waals surface area contributed by atoms with Gasteiger partial charge in [-0.1, -0.05) is 151 Å². The number of ether oxygens (including phenoxy) is 4. The summed E-state index contributed by atoms with van der Waals surface area (Å²) in [4.78, 5) is 104. The zero-order chi connectivity index (χ0) is 80.7. The molecule has 0 saturated carbocycles. The molecule has 0 radical (unpaired) electrons. The molecule has 0 aliphatic heterocycles. The molecular weight excluding hydrogens is 1530 g/mol. The van der Waals surface area contributed by atoms with Gasteiger partial charge in [-0.15, -0.1) is 0 Å². The average molecular weight is 1640 g/mol. The van der Waals surface area contributed by atoms with Crippen LogP contribution >= 0.6 is 46.4 Å². The number of carbonyl (C=O) groups excluding carboxylic acids is 8. The molecule has 0 saturated heterocycles. The lowest BCUT2D eigenvalue weighted by Gasteiger charge is -2.18. The van der Waals surface area contributed by atoms with Crippen molar-refractivity contribution in [3.63, 3.8) is 0 Å². The summed E-state index contributed by atoms with van der Waals surface area (Å²) < 4.78 is 179. The molecule has 0 N–H and O–H groups in total. The lowest BCUT2D eigenvalue weighted by molar-refractivity contribution is -0.150. The molecule has 8 atom stereocenters. The highest BCUT2D eigenvalue weighted by atomic mass is 35.5. The van der Waals surface area contributed by atoms with E-state index in [-0.39, 0.29) is 179 Å². The Labute approximate surface area is 651 Å². The quantitative estimate of drug-likeness (QED) is 0.0141. The third-order valence-electron chi connectivity index (χ3n) is 18.5. The van der Waals surface area contributed by atoms with Gasteiger partial charge in [0, 0.05) is 123 Å². The summed E-state index contributed by atoms with van der Waals surface area (Å²) in [7, 11) is 0. The maximum Gasteiger partial charge on any atom is 0.389 e. The van der Waals surface area contributed by atoms with Crippen LogP contribution in [-0.4, -0.2) is 96.1 Å². The minimum absolute atomic E-state index is 0.00678. The third kappa shape index (κ3) is 40.2. The van der Waals surface area contributed by atoms with Crippen LogP contribution in [0.1, 0.15) is 239 Å². The second-order valence-corrected chi connectivity index (χ2v) is 29.3. The molecule has 0 fully saturated rings. The van der Waals surface area contributed by atoms with Gasteiger partial charge in [-0.05, 0) is 155 Å². The van der Waals surface area contributed by atoms with Gasteiger partial charge >= 0.3 is 48.6 Å². The van der Waals surface area contributed by atoms with E-state index in [1.54, 1.807) is 92.0 Å². The van der Waals surface area contributed by atoms with Crippen LogP contribution in [0.15, 0.2) is 140 Å². The summed E-state index contributed by atoms with van der Waals surface area (Å²) in [5, 5.41) is -0.0503. The minimum atomic E-state index is -4.41. The molecule has 0 unspecified atom stereocenters. The fraction of sp³-hybridized carbons (Fsp3) is 0.605. The summed E-state index contributed by atoms with van der Waals surface area (Å²) in [6.07, 6.45) is 6.57. The Morgan fingerprint density at radius 3 is 0.835 bits per heavy atom. The smallest absolute Gasteiger partial charge is 0.389 e.